The van der Waals surface area contributed by atoms with Crippen LogP contribution in [0.2, 0.25) is 0 Å². The summed E-state index contributed by atoms with van der Waals surface area (Å²) in [7, 11) is 3.05. The molecule has 0 aromatic heterocycles. The van der Waals surface area contributed by atoms with Crippen molar-refractivity contribution in [3.8, 4) is 11.5 Å². The van der Waals surface area contributed by atoms with Gasteiger partial charge in [-0.25, -0.2) is 4.79 Å². The third-order valence-electron chi connectivity index (χ3n) is 3.91. The fourth-order valence-electron chi connectivity index (χ4n) is 2.54. The maximum Gasteiger partial charge on any atom is 0.463 e. The Kier molecular flexibility index (Phi) is 7.30. The van der Waals surface area contributed by atoms with Gasteiger partial charge in [0.05, 0.1) is 27.4 Å². The molecule has 146 valence electrons. The fraction of sp³-hybridized carbons (Fsp3) is 0.250. The maximum atomic E-state index is 13.0. The lowest BCUT2D eigenvalue weighted by atomic mass is 10.1. The van der Waals surface area contributed by atoms with E-state index >= 15 is 0 Å². The molecule has 0 N–H and O–H groups in total. The van der Waals surface area contributed by atoms with Crippen LogP contribution in [-0.4, -0.2) is 43.2 Å². The van der Waals surface area contributed by atoms with Gasteiger partial charge in [-0.2, -0.15) is 4.79 Å². The molecule has 0 aliphatic carbocycles. The number of para-hydroxylation sites is 1. The number of ether oxygens (including phenoxy) is 3. The van der Waals surface area contributed by atoms with Crippen LogP contribution in [0.5, 0.6) is 11.5 Å². The van der Waals surface area contributed by atoms with Gasteiger partial charge in [0.2, 0.25) is 0 Å². The number of methoxy groups -OCH3 is 2. The maximum absolute atomic E-state index is 13.0. The topological polar surface area (TPSA) is 101 Å². The lowest BCUT2D eigenvalue weighted by molar-refractivity contribution is -0.141. The molecule has 8 heteroatoms. The van der Waals surface area contributed by atoms with Gasteiger partial charge in [0.25, 0.3) is 0 Å². The number of benzene rings is 2. The van der Waals surface area contributed by atoms with E-state index in [-0.39, 0.29) is 13.2 Å². The lowest BCUT2D eigenvalue weighted by Gasteiger charge is -2.22. The van der Waals surface area contributed by atoms with Crippen LogP contribution in [0.15, 0.2) is 48.5 Å². The Morgan fingerprint density at radius 3 is 2.36 bits per heavy atom. The molecule has 1 amide bonds. The van der Waals surface area contributed by atoms with Crippen molar-refractivity contribution >= 4 is 23.3 Å². The second-order valence-electron chi connectivity index (χ2n) is 5.57. The molecule has 0 unspecified atom stereocenters. The highest BCUT2D eigenvalue weighted by molar-refractivity contribution is 6.64. The van der Waals surface area contributed by atoms with Gasteiger partial charge < -0.3 is 19.7 Å². The lowest BCUT2D eigenvalue weighted by Crippen LogP contribution is -2.41. The van der Waals surface area contributed by atoms with Crippen molar-refractivity contribution in [2.24, 2.45) is 0 Å². The zero-order chi connectivity index (χ0) is 20.5. The Bertz CT molecular complexity index is 892. The van der Waals surface area contributed by atoms with Gasteiger partial charge in [-0.05, 0) is 31.2 Å². The summed E-state index contributed by atoms with van der Waals surface area (Å²) < 4.78 is 15.4. The minimum absolute atomic E-state index is 0.0444. The summed E-state index contributed by atoms with van der Waals surface area (Å²) in [5.74, 6) is -0.698. The van der Waals surface area contributed by atoms with Crippen LogP contribution in [0.25, 0.3) is 5.53 Å². The molecular formula is C20H21N3O5. The average Bonchev–Trinajstić information content (AvgIpc) is 2.73. The first-order valence-corrected chi connectivity index (χ1v) is 8.52. The third-order valence-corrected chi connectivity index (χ3v) is 3.91. The van der Waals surface area contributed by atoms with E-state index < -0.39 is 17.6 Å². The smallest absolute Gasteiger partial charge is 0.463 e. The summed E-state index contributed by atoms with van der Waals surface area (Å²) in [5.41, 5.74) is 9.69. The number of hydrogen-bond acceptors (Lipinski definition) is 5. The van der Waals surface area contributed by atoms with Gasteiger partial charge >= 0.3 is 17.6 Å². The van der Waals surface area contributed by atoms with Gasteiger partial charge in [0.15, 0.2) is 0 Å². The molecule has 2 aromatic rings. The first-order valence-electron chi connectivity index (χ1n) is 8.52. The predicted octanol–water partition coefficient (Wildman–Crippen LogP) is 2.47. The largest absolute Gasteiger partial charge is 0.497 e. The van der Waals surface area contributed by atoms with E-state index in [0.29, 0.717) is 22.7 Å². The molecule has 0 spiro atoms. The average molecular weight is 383 g/mol. The molecule has 0 radical (unpaired) electrons. The Hall–Kier alpha value is -3.64. The van der Waals surface area contributed by atoms with E-state index in [0.717, 1.165) is 0 Å². The number of carbonyl (C=O) groups excluding carboxylic acids is 2. The molecule has 0 atom stereocenters. The summed E-state index contributed by atoms with van der Waals surface area (Å²) in [6.07, 6.45) is 0. The van der Waals surface area contributed by atoms with E-state index in [4.69, 9.17) is 14.2 Å². The molecule has 2 aromatic carbocycles. The summed E-state index contributed by atoms with van der Waals surface area (Å²) in [4.78, 5) is 29.2. The molecule has 0 heterocycles. The molecule has 0 bridgehead atoms. The highest BCUT2D eigenvalue weighted by atomic mass is 16.5. The summed E-state index contributed by atoms with van der Waals surface area (Å²) >= 11 is 0. The van der Waals surface area contributed by atoms with Gasteiger partial charge in [0, 0.05) is 17.3 Å². The summed E-state index contributed by atoms with van der Waals surface area (Å²) in [5, 5.41) is 0. The van der Waals surface area contributed by atoms with Crippen molar-refractivity contribution in [3.05, 3.63) is 59.6 Å². The number of anilines is 1. The third kappa shape index (κ3) is 4.75. The highest BCUT2D eigenvalue weighted by Gasteiger charge is 2.36. The predicted molar refractivity (Wildman–Crippen MR) is 102 cm³/mol. The van der Waals surface area contributed by atoms with Crippen molar-refractivity contribution in [2.45, 2.75) is 13.5 Å². The van der Waals surface area contributed by atoms with Gasteiger partial charge in [-0.15, -0.1) is 0 Å². The number of esters is 1. The van der Waals surface area contributed by atoms with Crippen molar-refractivity contribution < 1.29 is 28.6 Å². The van der Waals surface area contributed by atoms with Crippen LogP contribution in [0.3, 0.4) is 0 Å². The number of rotatable bonds is 8. The Morgan fingerprint density at radius 1 is 1.07 bits per heavy atom. The number of hydrogen-bond donors (Lipinski definition) is 0. The molecule has 8 nitrogen and oxygen atoms in total. The van der Waals surface area contributed by atoms with Crippen molar-refractivity contribution in [1.29, 1.82) is 0 Å². The molecule has 0 saturated heterocycles. The van der Waals surface area contributed by atoms with Crippen LogP contribution < -0.4 is 14.4 Å². The standard InChI is InChI=1S/C20H21N3O5/c1-4-28-20(25)18(22-21)19(24)23(15-8-6-5-7-9-15)13-14-10-11-16(26-2)12-17(14)27-3/h5-12H,4,13H2,1-3H3. The van der Waals surface area contributed by atoms with Crippen LogP contribution in [0, 0.1) is 0 Å². The minimum atomic E-state index is -1.00. The van der Waals surface area contributed by atoms with E-state index in [1.54, 1.807) is 55.5 Å². The highest BCUT2D eigenvalue weighted by Crippen LogP contribution is 2.27. The molecule has 0 aliphatic rings. The quantitative estimate of drug-likeness (QED) is 0.229. The van der Waals surface area contributed by atoms with Gasteiger partial charge in [0.1, 0.15) is 11.5 Å². The Balaban J connectivity index is 2.46. The van der Waals surface area contributed by atoms with Crippen molar-refractivity contribution in [2.75, 3.05) is 25.7 Å². The fourth-order valence-corrected chi connectivity index (χ4v) is 2.54. The minimum Gasteiger partial charge on any atom is -0.497 e. The van der Waals surface area contributed by atoms with E-state index in [9.17, 15) is 15.1 Å². The van der Waals surface area contributed by atoms with Gasteiger partial charge in [-0.3, -0.25) is 9.69 Å². The number of amides is 1. The molecule has 0 saturated carbocycles. The van der Waals surface area contributed by atoms with Crippen LogP contribution in [-0.2, 0) is 20.9 Å². The van der Waals surface area contributed by atoms with Crippen LogP contribution in [0.4, 0.5) is 5.69 Å². The zero-order valence-electron chi connectivity index (χ0n) is 15.9. The Morgan fingerprint density at radius 2 is 1.79 bits per heavy atom. The molecule has 2 rings (SSSR count). The second-order valence-corrected chi connectivity index (χ2v) is 5.57. The monoisotopic (exact) mass is 383 g/mol. The van der Waals surface area contributed by atoms with Gasteiger partial charge in [-0.1, -0.05) is 18.2 Å². The van der Waals surface area contributed by atoms with Crippen molar-refractivity contribution in [1.82, 2.24) is 0 Å². The first kappa shape index (κ1) is 20.7. The Labute approximate surface area is 162 Å². The van der Waals surface area contributed by atoms with Crippen molar-refractivity contribution in [3.63, 3.8) is 0 Å². The molecule has 28 heavy (non-hydrogen) atoms. The molecule has 0 fully saturated rings. The van der Waals surface area contributed by atoms with E-state index in [2.05, 4.69) is 4.79 Å². The van der Waals surface area contributed by atoms with E-state index in [1.807, 2.05) is 0 Å². The molecular weight excluding hydrogens is 362 g/mol. The first-order chi connectivity index (χ1) is 13.5. The summed E-state index contributed by atoms with van der Waals surface area (Å²) in [6, 6.07) is 13.9. The molecule has 0 aliphatic heterocycles. The number of carbonyl (C=O) groups is 2. The zero-order valence-corrected chi connectivity index (χ0v) is 15.9. The van der Waals surface area contributed by atoms with E-state index in [1.165, 1.54) is 19.1 Å². The SMILES string of the molecule is CCOC(=O)C(=[N+]=[N-])C(=O)N(Cc1ccc(OC)cc1OC)c1ccccc1. The second kappa shape index (κ2) is 9.89. The normalized spacial score (nSPS) is 9.82. The summed E-state index contributed by atoms with van der Waals surface area (Å²) in [6.45, 7) is 1.70. The van der Waals surface area contributed by atoms with Crippen LogP contribution >= 0.6 is 0 Å². The van der Waals surface area contributed by atoms with Crippen LogP contribution in [0.1, 0.15) is 12.5 Å². The number of nitrogens with zero attached hydrogens (tertiary/aromatic N) is 3.